The van der Waals surface area contributed by atoms with Crippen molar-refractivity contribution in [1.29, 1.82) is 0 Å². The first-order valence-corrected chi connectivity index (χ1v) is 7.41. The molecule has 0 aromatic heterocycles. The predicted molar refractivity (Wildman–Crippen MR) is 84.8 cm³/mol. The quantitative estimate of drug-likeness (QED) is 0.781. The third kappa shape index (κ3) is 2.97. The van der Waals surface area contributed by atoms with Gasteiger partial charge in [0.15, 0.2) is 0 Å². The summed E-state index contributed by atoms with van der Waals surface area (Å²) in [5.74, 6) is 0.449. The largest absolute Gasteiger partial charge is 0.497 e. The SMILES string of the molecule is COc1ccc(C2(C(F)(F)F)CC(c3ccc(C=O)cc3)=NO2)cc1. The fourth-order valence-corrected chi connectivity index (χ4v) is 2.67. The molecule has 1 aliphatic rings. The highest BCUT2D eigenvalue weighted by Gasteiger charge is 2.62. The summed E-state index contributed by atoms with van der Waals surface area (Å²) >= 11 is 0. The Morgan fingerprint density at radius 3 is 2.28 bits per heavy atom. The molecule has 2 aromatic rings. The van der Waals surface area contributed by atoms with Crippen LogP contribution in [0.2, 0.25) is 0 Å². The van der Waals surface area contributed by atoms with Crippen LogP contribution >= 0.6 is 0 Å². The Morgan fingerprint density at radius 1 is 1.12 bits per heavy atom. The third-order valence-corrected chi connectivity index (χ3v) is 4.12. The molecule has 25 heavy (non-hydrogen) atoms. The Kier molecular flexibility index (Phi) is 4.24. The fraction of sp³-hybridized carbons (Fsp3) is 0.222. The van der Waals surface area contributed by atoms with E-state index in [-0.39, 0.29) is 11.3 Å². The summed E-state index contributed by atoms with van der Waals surface area (Å²) < 4.78 is 46.4. The molecule has 1 heterocycles. The average Bonchev–Trinajstić information content (AvgIpc) is 3.08. The molecule has 0 amide bonds. The Hall–Kier alpha value is -2.83. The van der Waals surface area contributed by atoms with Crippen molar-refractivity contribution in [3.63, 3.8) is 0 Å². The molecule has 130 valence electrons. The van der Waals surface area contributed by atoms with E-state index >= 15 is 0 Å². The van der Waals surface area contributed by atoms with Crippen molar-refractivity contribution in [2.75, 3.05) is 7.11 Å². The number of benzene rings is 2. The molecule has 7 heteroatoms. The van der Waals surface area contributed by atoms with Gasteiger partial charge < -0.3 is 9.57 Å². The van der Waals surface area contributed by atoms with E-state index in [1.807, 2.05) is 0 Å². The number of alkyl halides is 3. The van der Waals surface area contributed by atoms with Crippen molar-refractivity contribution in [3.8, 4) is 5.75 Å². The van der Waals surface area contributed by atoms with Crippen LogP contribution in [0.15, 0.2) is 53.7 Å². The topological polar surface area (TPSA) is 47.9 Å². The highest BCUT2D eigenvalue weighted by Crippen LogP contribution is 2.48. The second kappa shape index (κ2) is 6.23. The van der Waals surface area contributed by atoms with Gasteiger partial charge in [0.2, 0.25) is 0 Å². The van der Waals surface area contributed by atoms with Crippen LogP contribution in [0.3, 0.4) is 0 Å². The molecule has 0 saturated carbocycles. The van der Waals surface area contributed by atoms with E-state index in [4.69, 9.17) is 9.57 Å². The lowest BCUT2D eigenvalue weighted by Gasteiger charge is -2.29. The van der Waals surface area contributed by atoms with Crippen molar-refractivity contribution in [1.82, 2.24) is 0 Å². The van der Waals surface area contributed by atoms with Crippen LogP contribution in [0.5, 0.6) is 5.75 Å². The van der Waals surface area contributed by atoms with Gasteiger partial charge in [0.25, 0.3) is 5.60 Å². The molecular weight excluding hydrogens is 335 g/mol. The Balaban J connectivity index is 1.95. The third-order valence-electron chi connectivity index (χ3n) is 4.12. The second-order valence-corrected chi connectivity index (χ2v) is 5.60. The molecule has 4 nitrogen and oxygen atoms in total. The number of oxime groups is 1. The first-order chi connectivity index (χ1) is 11.9. The molecule has 1 aliphatic heterocycles. The standard InChI is InChI=1S/C18H14F3NO3/c1-24-15-8-6-14(7-9-15)17(18(19,20)21)10-16(22-25-17)13-4-2-12(11-23)3-5-13/h2-9,11H,10H2,1H3. The summed E-state index contributed by atoms with van der Waals surface area (Å²) in [7, 11) is 1.44. The maximum Gasteiger partial charge on any atom is 0.435 e. The van der Waals surface area contributed by atoms with Gasteiger partial charge in [-0.25, -0.2) is 0 Å². The van der Waals surface area contributed by atoms with Crippen molar-refractivity contribution in [2.24, 2.45) is 5.16 Å². The van der Waals surface area contributed by atoms with Gasteiger partial charge in [-0.05, 0) is 17.7 Å². The normalized spacial score (nSPS) is 19.9. The molecule has 1 unspecified atom stereocenters. The number of aldehydes is 1. The van der Waals surface area contributed by atoms with Crippen LogP contribution in [0, 0.1) is 0 Å². The van der Waals surface area contributed by atoms with Crippen molar-refractivity contribution in [2.45, 2.75) is 18.2 Å². The minimum atomic E-state index is -4.66. The molecule has 2 aromatic carbocycles. The molecule has 3 rings (SSSR count). The van der Waals surface area contributed by atoms with Gasteiger partial charge in [-0.3, -0.25) is 4.79 Å². The van der Waals surface area contributed by atoms with E-state index in [1.165, 1.54) is 43.5 Å². The lowest BCUT2D eigenvalue weighted by molar-refractivity contribution is -0.275. The molecule has 0 N–H and O–H groups in total. The minimum absolute atomic E-state index is 0.0518. The first kappa shape index (κ1) is 17.0. The van der Waals surface area contributed by atoms with Crippen molar-refractivity contribution < 1.29 is 27.5 Å². The predicted octanol–water partition coefficient (Wildman–Crippen LogP) is 4.09. The van der Waals surface area contributed by atoms with Gasteiger partial charge in [0, 0.05) is 17.5 Å². The molecule has 0 bridgehead atoms. The summed E-state index contributed by atoms with van der Waals surface area (Å²) in [6.07, 6.45) is -4.45. The van der Waals surface area contributed by atoms with Crippen LogP contribution in [0.25, 0.3) is 0 Å². The molecule has 0 saturated heterocycles. The zero-order valence-electron chi connectivity index (χ0n) is 13.2. The maximum atomic E-state index is 13.8. The number of halogens is 3. The van der Waals surface area contributed by atoms with Gasteiger partial charge in [-0.1, -0.05) is 41.6 Å². The van der Waals surface area contributed by atoms with Gasteiger partial charge in [0.05, 0.1) is 12.8 Å². The molecule has 0 aliphatic carbocycles. The van der Waals surface area contributed by atoms with Crippen LogP contribution in [0.1, 0.15) is 27.9 Å². The summed E-state index contributed by atoms with van der Waals surface area (Å²) in [6.45, 7) is 0. The molecule has 0 radical (unpaired) electrons. The number of rotatable bonds is 4. The van der Waals surface area contributed by atoms with Gasteiger partial charge in [0.1, 0.15) is 12.0 Å². The highest BCUT2D eigenvalue weighted by atomic mass is 19.4. The van der Waals surface area contributed by atoms with Gasteiger partial charge in [-0.2, -0.15) is 13.2 Å². The van der Waals surface area contributed by atoms with Gasteiger partial charge in [-0.15, -0.1) is 0 Å². The zero-order chi connectivity index (χ0) is 18.1. The average molecular weight is 349 g/mol. The van der Waals surface area contributed by atoms with Crippen LogP contribution < -0.4 is 4.74 Å². The fourth-order valence-electron chi connectivity index (χ4n) is 2.67. The van der Waals surface area contributed by atoms with Crippen LogP contribution in [0.4, 0.5) is 13.2 Å². The number of ether oxygens (including phenoxy) is 1. The zero-order valence-corrected chi connectivity index (χ0v) is 13.2. The van der Waals surface area contributed by atoms with Crippen molar-refractivity contribution in [3.05, 3.63) is 65.2 Å². The van der Waals surface area contributed by atoms with E-state index in [9.17, 15) is 18.0 Å². The minimum Gasteiger partial charge on any atom is -0.497 e. The number of nitrogens with zero attached hydrogens (tertiary/aromatic N) is 1. The number of hydrogen-bond donors (Lipinski definition) is 0. The number of methoxy groups -OCH3 is 1. The van der Waals surface area contributed by atoms with E-state index in [1.54, 1.807) is 12.1 Å². The number of carbonyl (C=O) groups is 1. The van der Waals surface area contributed by atoms with E-state index in [0.29, 0.717) is 23.2 Å². The number of carbonyl (C=O) groups excluding carboxylic acids is 1. The summed E-state index contributed by atoms with van der Waals surface area (Å²) in [5.41, 5.74) is -1.52. The van der Waals surface area contributed by atoms with E-state index < -0.39 is 18.2 Å². The lowest BCUT2D eigenvalue weighted by Crippen LogP contribution is -2.42. The summed E-state index contributed by atoms with van der Waals surface area (Å²) in [4.78, 5) is 15.6. The summed E-state index contributed by atoms with van der Waals surface area (Å²) in [5, 5.41) is 3.68. The van der Waals surface area contributed by atoms with E-state index in [0.717, 1.165) is 0 Å². The molecule has 0 spiro atoms. The molecular formula is C18H14F3NO3. The maximum absolute atomic E-state index is 13.8. The second-order valence-electron chi connectivity index (χ2n) is 5.60. The first-order valence-electron chi connectivity index (χ1n) is 7.41. The smallest absolute Gasteiger partial charge is 0.435 e. The van der Waals surface area contributed by atoms with Gasteiger partial charge >= 0.3 is 6.18 Å². The summed E-state index contributed by atoms with van der Waals surface area (Å²) in [6, 6.07) is 11.7. The van der Waals surface area contributed by atoms with Crippen LogP contribution in [-0.2, 0) is 10.4 Å². The van der Waals surface area contributed by atoms with E-state index in [2.05, 4.69) is 5.16 Å². The Labute approximate surface area is 141 Å². The highest BCUT2D eigenvalue weighted by molar-refractivity contribution is 6.02. The van der Waals surface area contributed by atoms with Crippen LogP contribution in [-0.4, -0.2) is 25.3 Å². The number of hydrogen-bond acceptors (Lipinski definition) is 4. The monoisotopic (exact) mass is 349 g/mol. The van der Waals surface area contributed by atoms with Crippen molar-refractivity contribution >= 4 is 12.0 Å². The molecule has 1 atom stereocenters. The molecule has 0 fully saturated rings. The Bertz CT molecular complexity index is 798. The Morgan fingerprint density at radius 2 is 1.76 bits per heavy atom. The lowest BCUT2D eigenvalue weighted by atomic mass is 9.86.